The van der Waals surface area contributed by atoms with Gasteiger partial charge in [0.2, 0.25) is 0 Å². The first kappa shape index (κ1) is 10.2. The van der Waals surface area contributed by atoms with Crippen molar-refractivity contribution in [2.45, 2.75) is 12.4 Å². The number of hydrogen-bond acceptors (Lipinski definition) is 4. The summed E-state index contributed by atoms with van der Waals surface area (Å²) in [5, 5.41) is 28.1. The molecule has 0 saturated heterocycles. The van der Waals surface area contributed by atoms with E-state index in [1.54, 1.807) is 30.3 Å². The first-order valence-corrected chi connectivity index (χ1v) is 4.35. The predicted molar refractivity (Wildman–Crippen MR) is 54.9 cm³/mol. The van der Waals surface area contributed by atoms with Crippen molar-refractivity contribution in [3.8, 4) is 0 Å². The summed E-state index contributed by atoms with van der Waals surface area (Å²) in [5.74, 6) is -1.47. The molecule has 0 aliphatic heterocycles. The molecule has 0 fully saturated rings. The van der Waals surface area contributed by atoms with E-state index in [9.17, 15) is 4.79 Å². The van der Waals surface area contributed by atoms with E-state index in [4.69, 9.17) is 16.5 Å². The molecule has 1 unspecified atom stereocenters. The minimum Gasteiger partial charge on any atom is -0.480 e. The standard InChI is InChI=1S/C9H12BNO4/c12-9(13)8(11-10(14)15)6-7-4-2-1-3-5-7/h1-5,8,11,14-15H,6H2,(H,12,13)/i8D. The molecule has 0 aromatic heterocycles. The molecule has 4 N–H and O–H groups in total. The smallest absolute Gasteiger partial charge is 0.480 e. The van der Waals surface area contributed by atoms with Crippen LogP contribution in [0.25, 0.3) is 0 Å². The Labute approximate surface area is 88.9 Å². The summed E-state index contributed by atoms with van der Waals surface area (Å²) in [6.07, 6.45) is -0.166. The molecule has 1 aromatic carbocycles. The second kappa shape index (κ2) is 5.50. The van der Waals surface area contributed by atoms with Crippen LogP contribution in [-0.2, 0) is 11.2 Å². The quantitative estimate of drug-likeness (QED) is 0.479. The Morgan fingerprint density at radius 1 is 1.47 bits per heavy atom. The second-order valence-electron chi connectivity index (χ2n) is 2.96. The van der Waals surface area contributed by atoms with Crippen LogP contribution in [0.3, 0.4) is 0 Å². The lowest BCUT2D eigenvalue weighted by atomic mass is 10.0. The van der Waals surface area contributed by atoms with Gasteiger partial charge in [0.05, 0.1) is 1.37 Å². The van der Waals surface area contributed by atoms with E-state index in [0.29, 0.717) is 5.56 Å². The zero-order chi connectivity index (χ0) is 12.2. The van der Waals surface area contributed by atoms with Gasteiger partial charge in [-0.2, -0.15) is 0 Å². The van der Waals surface area contributed by atoms with Crippen molar-refractivity contribution in [3.63, 3.8) is 0 Å². The van der Waals surface area contributed by atoms with E-state index in [1.165, 1.54) is 0 Å². The van der Waals surface area contributed by atoms with Crippen molar-refractivity contribution in [1.82, 2.24) is 5.23 Å². The number of carbonyl (C=O) groups is 1. The molecule has 1 atom stereocenters. The van der Waals surface area contributed by atoms with Crippen LogP contribution in [0.5, 0.6) is 0 Å². The SMILES string of the molecule is [2H]C(Cc1ccccc1)(NB(O)O)C(=O)O. The van der Waals surface area contributed by atoms with Gasteiger partial charge < -0.3 is 15.2 Å². The molecular formula is C9H12BNO4. The van der Waals surface area contributed by atoms with Gasteiger partial charge in [0.1, 0.15) is 6.02 Å². The molecule has 0 radical (unpaired) electrons. The van der Waals surface area contributed by atoms with Crippen molar-refractivity contribution >= 4 is 13.2 Å². The highest BCUT2D eigenvalue weighted by Crippen LogP contribution is 2.03. The maximum Gasteiger partial charge on any atom is 0.549 e. The number of nitrogens with one attached hydrogen (secondary N) is 1. The molecule has 1 rings (SSSR count). The van der Waals surface area contributed by atoms with Gasteiger partial charge in [0, 0.05) is 0 Å². The Morgan fingerprint density at radius 2 is 2.07 bits per heavy atom. The average molecular weight is 210 g/mol. The summed E-state index contributed by atoms with van der Waals surface area (Å²) in [4.78, 5) is 10.9. The first-order valence-electron chi connectivity index (χ1n) is 4.85. The molecule has 0 spiro atoms. The van der Waals surface area contributed by atoms with E-state index in [-0.39, 0.29) is 6.42 Å². The van der Waals surface area contributed by atoms with E-state index in [0.717, 1.165) is 0 Å². The van der Waals surface area contributed by atoms with Gasteiger partial charge >= 0.3 is 13.2 Å². The molecule has 0 aliphatic rings. The van der Waals surface area contributed by atoms with Crippen LogP contribution in [0.2, 0.25) is 0 Å². The minimum atomic E-state index is -2.16. The van der Waals surface area contributed by atoms with Crippen LogP contribution in [0, 0.1) is 0 Å². The van der Waals surface area contributed by atoms with Crippen molar-refractivity contribution in [1.29, 1.82) is 0 Å². The Bertz CT molecular complexity index is 362. The van der Waals surface area contributed by atoms with Gasteiger partial charge in [-0.15, -0.1) is 0 Å². The summed E-state index contributed by atoms with van der Waals surface area (Å²) < 4.78 is 7.61. The lowest BCUT2D eigenvalue weighted by molar-refractivity contribution is -0.139. The zero-order valence-corrected chi connectivity index (χ0v) is 7.92. The van der Waals surface area contributed by atoms with Gasteiger partial charge in [-0.1, -0.05) is 30.3 Å². The van der Waals surface area contributed by atoms with E-state index >= 15 is 0 Å². The first-order chi connectivity index (χ1) is 7.44. The molecule has 0 bridgehead atoms. The maximum absolute atomic E-state index is 10.9. The van der Waals surface area contributed by atoms with Gasteiger partial charge in [-0.3, -0.25) is 10.0 Å². The second-order valence-corrected chi connectivity index (χ2v) is 2.96. The van der Waals surface area contributed by atoms with Crippen LogP contribution in [0.1, 0.15) is 6.93 Å². The summed E-state index contributed by atoms with van der Waals surface area (Å²) in [5.41, 5.74) is 0.619. The van der Waals surface area contributed by atoms with E-state index in [1.807, 2.05) is 5.23 Å². The van der Waals surface area contributed by atoms with Crippen molar-refractivity contribution in [2.75, 3.05) is 0 Å². The summed E-state index contributed by atoms with van der Waals surface area (Å²) in [7, 11) is -2.04. The Hall–Kier alpha value is -1.37. The third kappa shape index (κ3) is 4.12. The molecule has 5 nitrogen and oxygen atoms in total. The molecule has 6 heteroatoms. The normalized spacial score (nSPS) is 15.2. The summed E-state index contributed by atoms with van der Waals surface area (Å²) in [6.45, 7) is 0. The number of rotatable bonds is 5. The molecule has 15 heavy (non-hydrogen) atoms. The van der Waals surface area contributed by atoms with E-state index in [2.05, 4.69) is 0 Å². The van der Waals surface area contributed by atoms with Gasteiger partial charge in [0.15, 0.2) is 0 Å². The van der Waals surface area contributed by atoms with E-state index < -0.39 is 19.2 Å². The van der Waals surface area contributed by atoms with Gasteiger partial charge in [-0.25, -0.2) is 0 Å². The molecule has 0 aliphatic carbocycles. The molecule has 0 saturated carbocycles. The number of carboxylic acids is 1. The van der Waals surface area contributed by atoms with Crippen LogP contribution < -0.4 is 5.23 Å². The highest BCUT2D eigenvalue weighted by molar-refractivity contribution is 6.38. The van der Waals surface area contributed by atoms with Crippen LogP contribution in [0.15, 0.2) is 30.3 Å². The van der Waals surface area contributed by atoms with Gasteiger partial charge in [0.25, 0.3) is 0 Å². The van der Waals surface area contributed by atoms with Crippen LogP contribution >= 0.6 is 0 Å². The number of benzene rings is 1. The fourth-order valence-corrected chi connectivity index (χ4v) is 1.14. The topological polar surface area (TPSA) is 89.8 Å². The van der Waals surface area contributed by atoms with Crippen molar-refractivity contribution < 1.29 is 21.3 Å². The third-order valence-electron chi connectivity index (χ3n) is 1.79. The molecule has 0 amide bonds. The fraction of sp³-hybridized carbons (Fsp3) is 0.222. The number of carboxylic acid groups (broad SMARTS) is 1. The predicted octanol–water partition coefficient (Wildman–Crippen LogP) is -0.759. The number of hydrogen-bond donors (Lipinski definition) is 4. The summed E-state index contributed by atoms with van der Waals surface area (Å²) in [6, 6.07) is 6.37. The molecule has 1 aromatic rings. The molecular weight excluding hydrogens is 197 g/mol. The Balaban J connectivity index is 2.83. The monoisotopic (exact) mass is 210 g/mol. The minimum absolute atomic E-state index is 0.166. The summed E-state index contributed by atoms with van der Waals surface area (Å²) >= 11 is 0. The number of aliphatic carboxylic acids is 1. The highest BCUT2D eigenvalue weighted by Gasteiger charge is 2.22. The lowest BCUT2D eigenvalue weighted by Gasteiger charge is -2.13. The Morgan fingerprint density at radius 3 is 2.53 bits per heavy atom. The van der Waals surface area contributed by atoms with Crippen molar-refractivity contribution in [3.05, 3.63) is 35.9 Å². The highest BCUT2D eigenvalue weighted by atomic mass is 16.4. The fourth-order valence-electron chi connectivity index (χ4n) is 1.14. The zero-order valence-electron chi connectivity index (χ0n) is 8.92. The maximum atomic E-state index is 10.9. The Kier molecular flexibility index (Phi) is 3.73. The lowest BCUT2D eigenvalue weighted by Crippen LogP contribution is -2.47. The van der Waals surface area contributed by atoms with Gasteiger partial charge in [-0.05, 0) is 12.0 Å². The molecule has 0 heterocycles. The largest absolute Gasteiger partial charge is 0.549 e. The average Bonchev–Trinajstić information content (AvgIpc) is 2.17. The third-order valence-corrected chi connectivity index (χ3v) is 1.79. The van der Waals surface area contributed by atoms with Crippen molar-refractivity contribution in [2.24, 2.45) is 0 Å². The molecule has 80 valence electrons. The van der Waals surface area contributed by atoms with Crippen LogP contribution in [0.4, 0.5) is 0 Å². The van der Waals surface area contributed by atoms with Crippen LogP contribution in [-0.4, -0.2) is 34.4 Å².